The van der Waals surface area contributed by atoms with Crippen LogP contribution in [0.5, 0.6) is 0 Å². The average Bonchev–Trinajstić information content (AvgIpc) is 2.50. The molecular weight excluding hydrogens is 286 g/mol. The molecule has 0 spiro atoms. The molecule has 7 heteroatoms. The first-order chi connectivity index (χ1) is 10.5. The highest BCUT2D eigenvalue weighted by Gasteiger charge is 2.11. The van der Waals surface area contributed by atoms with Crippen molar-refractivity contribution in [3.05, 3.63) is 40.3 Å². The van der Waals surface area contributed by atoms with Gasteiger partial charge in [-0.3, -0.25) is 9.59 Å². The Kier molecular flexibility index (Phi) is 7.50. The number of hydrogen-bond donors (Lipinski definition) is 1. The molecule has 0 aliphatic carbocycles. The minimum Gasteiger partial charge on any atom is -0.481 e. The molecular formula is C15H19N3O4. The number of carbonyl (C=O) groups excluding carboxylic acids is 1. The van der Waals surface area contributed by atoms with Crippen LogP contribution in [0.3, 0.4) is 0 Å². The summed E-state index contributed by atoms with van der Waals surface area (Å²) in [5.74, 6) is -1.57. The van der Waals surface area contributed by atoms with E-state index in [0.29, 0.717) is 30.5 Å². The second kappa shape index (κ2) is 9.41. The lowest BCUT2D eigenvalue weighted by Crippen LogP contribution is -2.09. The zero-order valence-electron chi connectivity index (χ0n) is 12.4. The Labute approximate surface area is 128 Å². The summed E-state index contributed by atoms with van der Waals surface area (Å²) in [6.07, 6.45) is 2.05. The maximum absolute atomic E-state index is 11.6. The van der Waals surface area contributed by atoms with E-state index in [1.165, 1.54) is 0 Å². The van der Waals surface area contributed by atoms with E-state index in [2.05, 4.69) is 10.0 Å². The average molecular weight is 305 g/mol. The number of benzene rings is 1. The van der Waals surface area contributed by atoms with Crippen LogP contribution in [0.25, 0.3) is 10.4 Å². The predicted octanol–water partition coefficient (Wildman–Crippen LogP) is 3.95. The molecule has 0 saturated heterocycles. The van der Waals surface area contributed by atoms with Crippen molar-refractivity contribution in [2.75, 3.05) is 0 Å². The highest BCUT2D eigenvalue weighted by molar-refractivity contribution is 5.70. The lowest BCUT2D eigenvalue weighted by atomic mass is 10.0. The van der Waals surface area contributed by atoms with Gasteiger partial charge in [-0.2, -0.15) is 0 Å². The van der Waals surface area contributed by atoms with Gasteiger partial charge in [0.15, 0.2) is 0 Å². The molecule has 22 heavy (non-hydrogen) atoms. The summed E-state index contributed by atoms with van der Waals surface area (Å²) in [5.41, 5.74) is 9.54. The maximum atomic E-state index is 11.6. The van der Waals surface area contributed by atoms with E-state index in [-0.39, 0.29) is 19.0 Å². The Morgan fingerprint density at radius 1 is 1.36 bits per heavy atom. The van der Waals surface area contributed by atoms with Crippen molar-refractivity contribution in [1.82, 2.24) is 0 Å². The molecule has 0 fully saturated rings. The number of nitrogens with zero attached hydrogens (tertiary/aromatic N) is 3. The van der Waals surface area contributed by atoms with E-state index >= 15 is 0 Å². The zero-order valence-corrected chi connectivity index (χ0v) is 12.4. The SMILES string of the molecule is C[C@@H](CCCCC(=O)OCc1ccccc1N=[N+]=[N-])C(=O)O. The van der Waals surface area contributed by atoms with Gasteiger partial charge in [0.25, 0.3) is 0 Å². The third kappa shape index (κ3) is 6.28. The fourth-order valence-corrected chi connectivity index (χ4v) is 1.85. The molecule has 0 aliphatic rings. The van der Waals surface area contributed by atoms with Gasteiger partial charge < -0.3 is 9.84 Å². The number of esters is 1. The molecule has 0 radical (unpaired) electrons. The number of carboxylic acid groups (broad SMARTS) is 1. The first-order valence-corrected chi connectivity index (χ1v) is 7.06. The second-order valence-electron chi connectivity index (χ2n) is 4.96. The lowest BCUT2D eigenvalue weighted by molar-refractivity contribution is -0.145. The molecule has 1 aromatic carbocycles. The number of carbonyl (C=O) groups is 2. The van der Waals surface area contributed by atoms with Crippen molar-refractivity contribution in [3.63, 3.8) is 0 Å². The first kappa shape index (κ1) is 17.5. The predicted molar refractivity (Wildman–Crippen MR) is 80.3 cm³/mol. The summed E-state index contributed by atoms with van der Waals surface area (Å²) in [4.78, 5) is 25.0. The van der Waals surface area contributed by atoms with E-state index in [4.69, 9.17) is 15.4 Å². The lowest BCUT2D eigenvalue weighted by Gasteiger charge is -2.08. The van der Waals surface area contributed by atoms with Gasteiger partial charge in [-0.05, 0) is 23.9 Å². The van der Waals surface area contributed by atoms with Crippen molar-refractivity contribution in [2.24, 2.45) is 11.0 Å². The van der Waals surface area contributed by atoms with Crippen molar-refractivity contribution >= 4 is 17.6 Å². The summed E-state index contributed by atoms with van der Waals surface area (Å²) in [7, 11) is 0. The monoisotopic (exact) mass is 305 g/mol. The number of azide groups is 1. The Balaban J connectivity index is 2.32. The maximum Gasteiger partial charge on any atom is 0.306 e. The molecule has 1 aromatic rings. The molecule has 1 N–H and O–H groups in total. The number of aliphatic carboxylic acids is 1. The highest BCUT2D eigenvalue weighted by atomic mass is 16.5. The van der Waals surface area contributed by atoms with Gasteiger partial charge in [0.1, 0.15) is 6.61 Å². The Hall–Kier alpha value is -2.53. The fourth-order valence-electron chi connectivity index (χ4n) is 1.85. The standard InChI is InChI=1S/C15H19N3O4/c1-11(15(20)21)6-2-5-9-14(19)22-10-12-7-3-4-8-13(12)17-18-16/h3-4,7-8,11H,2,5-6,9-10H2,1H3,(H,20,21)/t11-/m0/s1. The molecule has 0 aromatic heterocycles. The largest absolute Gasteiger partial charge is 0.481 e. The Morgan fingerprint density at radius 2 is 2.09 bits per heavy atom. The number of carboxylic acids is 1. The van der Waals surface area contributed by atoms with Gasteiger partial charge in [-0.1, -0.05) is 42.7 Å². The molecule has 0 heterocycles. The molecule has 0 bridgehead atoms. The van der Waals surface area contributed by atoms with Crippen LogP contribution >= 0.6 is 0 Å². The summed E-state index contributed by atoms with van der Waals surface area (Å²) in [6, 6.07) is 6.88. The normalized spacial score (nSPS) is 11.3. The number of hydrogen-bond acceptors (Lipinski definition) is 4. The molecule has 1 rings (SSSR count). The van der Waals surface area contributed by atoms with Crippen molar-refractivity contribution in [2.45, 2.75) is 39.2 Å². The van der Waals surface area contributed by atoms with Crippen LogP contribution in [-0.2, 0) is 20.9 Å². The molecule has 0 saturated carbocycles. The fraction of sp³-hybridized carbons (Fsp3) is 0.467. The van der Waals surface area contributed by atoms with E-state index in [1.807, 2.05) is 0 Å². The van der Waals surface area contributed by atoms with Crippen LogP contribution in [0.1, 0.15) is 38.2 Å². The minimum atomic E-state index is -0.822. The molecule has 0 aliphatic heterocycles. The highest BCUT2D eigenvalue weighted by Crippen LogP contribution is 2.20. The summed E-state index contributed by atoms with van der Waals surface area (Å²) in [5, 5.41) is 12.3. The van der Waals surface area contributed by atoms with E-state index < -0.39 is 11.9 Å². The van der Waals surface area contributed by atoms with Crippen LogP contribution < -0.4 is 0 Å². The molecule has 0 amide bonds. The third-order valence-corrected chi connectivity index (χ3v) is 3.22. The van der Waals surface area contributed by atoms with Gasteiger partial charge >= 0.3 is 11.9 Å². The van der Waals surface area contributed by atoms with Crippen molar-refractivity contribution in [1.29, 1.82) is 0 Å². The van der Waals surface area contributed by atoms with Gasteiger partial charge in [0.05, 0.1) is 5.92 Å². The van der Waals surface area contributed by atoms with Gasteiger partial charge in [-0.15, -0.1) is 0 Å². The van der Waals surface area contributed by atoms with Crippen LogP contribution in [0.4, 0.5) is 5.69 Å². The number of unbranched alkanes of at least 4 members (excludes halogenated alkanes) is 1. The number of ether oxygens (including phenoxy) is 1. The first-order valence-electron chi connectivity index (χ1n) is 7.06. The summed E-state index contributed by atoms with van der Waals surface area (Å²) < 4.78 is 5.13. The van der Waals surface area contributed by atoms with E-state index in [1.54, 1.807) is 31.2 Å². The smallest absolute Gasteiger partial charge is 0.306 e. The van der Waals surface area contributed by atoms with Crippen LogP contribution in [0.2, 0.25) is 0 Å². The van der Waals surface area contributed by atoms with E-state index in [0.717, 1.165) is 0 Å². The topological polar surface area (TPSA) is 112 Å². The molecule has 1 atom stereocenters. The van der Waals surface area contributed by atoms with Gasteiger partial charge in [0, 0.05) is 17.0 Å². The Morgan fingerprint density at radius 3 is 2.77 bits per heavy atom. The number of rotatable bonds is 9. The quantitative estimate of drug-likeness (QED) is 0.244. The van der Waals surface area contributed by atoms with Gasteiger partial charge in [0.2, 0.25) is 0 Å². The Bertz CT molecular complexity index is 568. The van der Waals surface area contributed by atoms with Crippen LogP contribution in [0.15, 0.2) is 29.4 Å². The van der Waals surface area contributed by atoms with Crippen molar-refractivity contribution in [3.8, 4) is 0 Å². The van der Waals surface area contributed by atoms with Crippen LogP contribution in [-0.4, -0.2) is 17.0 Å². The molecule has 7 nitrogen and oxygen atoms in total. The van der Waals surface area contributed by atoms with Gasteiger partial charge in [-0.25, -0.2) is 0 Å². The molecule has 0 unspecified atom stereocenters. The molecule has 118 valence electrons. The summed E-state index contributed by atoms with van der Waals surface area (Å²) >= 11 is 0. The van der Waals surface area contributed by atoms with Crippen LogP contribution in [0, 0.1) is 5.92 Å². The second-order valence-corrected chi connectivity index (χ2v) is 4.96. The minimum absolute atomic E-state index is 0.0551. The zero-order chi connectivity index (χ0) is 16.4. The summed E-state index contributed by atoms with van der Waals surface area (Å²) in [6.45, 7) is 1.70. The van der Waals surface area contributed by atoms with Crippen molar-refractivity contribution < 1.29 is 19.4 Å². The third-order valence-electron chi connectivity index (χ3n) is 3.22. The van der Waals surface area contributed by atoms with E-state index in [9.17, 15) is 9.59 Å².